The van der Waals surface area contributed by atoms with E-state index in [9.17, 15) is 21.6 Å². The third-order valence-electron chi connectivity index (χ3n) is 5.01. The molecule has 29 heavy (non-hydrogen) atoms. The molecule has 2 aliphatic rings. The van der Waals surface area contributed by atoms with Crippen molar-refractivity contribution in [2.45, 2.75) is 31.0 Å². The highest BCUT2D eigenvalue weighted by atomic mass is 32.2. The first kappa shape index (κ1) is 22.1. The van der Waals surface area contributed by atoms with Crippen molar-refractivity contribution in [2.75, 3.05) is 39.3 Å². The molecule has 2 heterocycles. The number of carbonyl (C=O) groups is 1. The highest BCUT2D eigenvalue weighted by Crippen LogP contribution is 2.22. The number of hydrogen-bond acceptors (Lipinski definition) is 6. The van der Waals surface area contributed by atoms with Gasteiger partial charge in [0.1, 0.15) is 0 Å². The van der Waals surface area contributed by atoms with Crippen LogP contribution in [0.2, 0.25) is 0 Å². The molecule has 1 aromatic carbocycles. The average molecular weight is 447 g/mol. The molecular formula is C17H26N4O6S2. The molecule has 0 bridgehead atoms. The third kappa shape index (κ3) is 4.62. The minimum absolute atomic E-state index is 0.0367. The van der Waals surface area contributed by atoms with E-state index in [0.29, 0.717) is 0 Å². The van der Waals surface area contributed by atoms with Gasteiger partial charge in [0.05, 0.1) is 17.1 Å². The molecule has 2 aliphatic heterocycles. The second-order valence-electron chi connectivity index (χ2n) is 7.27. The lowest BCUT2D eigenvalue weighted by Crippen LogP contribution is -2.57. The number of morpholine rings is 1. The summed E-state index contributed by atoms with van der Waals surface area (Å²) in [6.45, 7) is 4.44. The predicted octanol–water partition coefficient (Wildman–Crippen LogP) is -0.554. The maximum Gasteiger partial charge on any atom is 0.282 e. The van der Waals surface area contributed by atoms with Crippen LogP contribution >= 0.6 is 0 Å². The zero-order chi connectivity index (χ0) is 21.4. The molecule has 2 saturated heterocycles. The van der Waals surface area contributed by atoms with E-state index >= 15 is 0 Å². The van der Waals surface area contributed by atoms with Gasteiger partial charge in [0, 0.05) is 44.8 Å². The van der Waals surface area contributed by atoms with E-state index in [1.54, 1.807) is 0 Å². The van der Waals surface area contributed by atoms with Crippen molar-refractivity contribution in [1.82, 2.24) is 12.9 Å². The van der Waals surface area contributed by atoms with Crippen LogP contribution < -0.4 is 5.73 Å². The van der Waals surface area contributed by atoms with E-state index in [1.807, 2.05) is 13.8 Å². The van der Waals surface area contributed by atoms with E-state index in [4.69, 9.17) is 10.5 Å². The number of nitrogens with two attached hydrogens (primary N) is 1. The monoisotopic (exact) mass is 446 g/mol. The lowest BCUT2D eigenvalue weighted by atomic mass is 10.2. The molecule has 10 nitrogen and oxygen atoms in total. The van der Waals surface area contributed by atoms with Gasteiger partial charge in [-0.2, -0.15) is 21.3 Å². The van der Waals surface area contributed by atoms with Gasteiger partial charge >= 0.3 is 0 Å². The number of primary amides is 1. The summed E-state index contributed by atoms with van der Waals surface area (Å²) in [7, 11) is -7.48. The lowest BCUT2D eigenvalue weighted by molar-refractivity contribution is -0.0456. The Morgan fingerprint density at radius 3 is 1.86 bits per heavy atom. The van der Waals surface area contributed by atoms with Crippen LogP contribution in [-0.4, -0.2) is 87.1 Å². The summed E-state index contributed by atoms with van der Waals surface area (Å²) in [4.78, 5) is 11.2. The maximum atomic E-state index is 12.9. The van der Waals surface area contributed by atoms with Gasteiger partial charge in [-0.3, -0.25) is 4.79 Å². The zero-order valence-corrected chi connectivity index (χ0v) is 18.0. The first-order valence-corrected chi connectivity index (χ1v) is 12.2. The minimum atomic E-state index is -3.79. The number of benzene rings is 1. The molecular weight excluding hydrogens is 420 g/mol. The van der Waals surface area contributed by atoms with Crippen LogP contribution in [0.3, 0.4) is 0 Å². The molecule has 1 aromatic rings. The number of ether oxygens (including phenoxy) is 1. The molecule has 12 heteroatoms. The summed E-state index contributed by atoms with van der Waals surface area (Å²) in [5, 5.41) is 0. The molecule has 2 N–H and O–H groups in total. The molecule has 2 unspecified atom stereocenters. The summed E-state index contributed by atoms with van der Waals surface area (Å²) < 4.78 is 61.1. The fraction of sp³-hybridized carbons (Fsp3) is 0.588. The molecule has 0 radical (unpaired) electrons. The Labute approximate surface area is 171 Å². The van der Waals surface area contributed by atoms with Gasteiger partial charge in [0.15, 0.2) is 0 Å². The molecule has 0 spiro atoms. The van der Waals surface area contributed by atoms with E-state index in [2.05, 4.69) is 0 Å². The number of rotatable bonds is 5. The number of sulfonamides is 1. The highest BCUT2D eigenvalue weighted by Gasteiger charge is 2.38. The van der Waals surface area contributed by atoms with Crippen molar-refractivity contribution < 1.29 is 26.4 Å². The molecule has 162 valence electrons. The van der Waals surface area contributed by atoms with Crippen molar-refractivity contribution in [1.29, 1.82) is 0 Å². The lowest BCUT2D eigenvalue weighted by Gasteiger charge is -2.39. The van der Waals surface area contributed by atoms with Crippen LogP contribution in [0.5, 0.6) is 0 Å². The van der Waals surface area contributed by atoms with Gasteiger partial charge in [-0.15, -0.1) is 0 Å². The normalized spacial score (nSPS) is 25.7. The minimum Gasteiger partial charge on any atom is -0.373 e. The third-order valence-corrected chi connectivity index (χ3v) is 8.89. The van der Waals surface area contributed by atoms with Gasteiger partial charge in [0.25, 0.3) is 10.2 Å². The van der Waals surface area contributed by atoms with Gasteiger partial charge < -0.3 is 10.5 Å². The predicted molar refractivity (Wildman–Crippen MR) is 106 cm³/mol. The number of hydrogen-bond donors (Lipinski definition) is 1. The van der Waals surface area contributed by atoms with E-state index in [1.165, 1.54) is 37.2 Å². The summed E-state index contributed by atoms with van der Waals surface area (Å²) in [5.41, 5.74) is 5.39. The number of nitrogens with zero attached hydrogens (tertiary/aromatic N) is 3. The molecule has 3 rings (SSSR count). The van der Waals surface area contributed by atoms with Crippen LogP contribution in [0.15, 0.2) is 29.2 Å². The second-order valence-corrected chi connectivity index (χ2v) is 11.1. The Bertz CT molecular complexity index is 946. The van der Waals surface area contributed by atoms with Crippen molar-refractivity contribution in [3.63, 3.8) is 0 Å². The Balaban J connectivity index is 1.68. The van der Waals surface area contributed by atoms with Crippen molar-refractivity contribution in [3.8, 4) is 0 Å². The standard InChI is InChI=1S/C17H26N4O6S2/c1-13-11-21(12-14(2)27-13)29(25,26)20-9-7-19(8-10-20)28(23,24)16-5-3-15(4-6-16)17(18)22/h3-6,13-14H,7-12H2,1-2H3,(H2,18,22). The molecule has 0 aliphatic carbocycles. The van der Waals surface area contributed by atoms with Crippen molar-refractivity contribution in [3.05, 3.63) is 29.8 Å². The molecule has 2 atom stereocenters. The largest absolute Gasteiger partial charge is 0.373 e. The SMILES string of the molecule is CC1CN(S(=O)(=O)N2CCN(S(=O)(=O)c3ccc(C(N)=O)cc3)CC2)CC(C)O1. The number of piperazine rings is 1. The van der Waals surface area contributed by atoms with Gasteiger partial charge in [-0.05, 0) is 38.1 Å². The van der Waals surface area contributed by atoms with Crippen LogP contribution in [0.25, 0.3) is 0 Å². The highest BCUT2D eigenvalue weighted by molar-refractivity contribution is 7.89. The Morgan fingerprint density at radius 1 is 0.897 bits per heavy atom. The molecule has 1 amide bonds. The van der Waals surface area contributed by atoms with Gasteiger partial charge in [0.2, 0.25) is 15.9 Å². The second kappa shape index (κ2) is 8.28. The number of carbonyl (C=O) groups excluding carboxylic acids is 1. The van der Waals surface area contributed by atoms with Crippen LogP contribution in [0.4, 0.5) is 0 Å². The fourth-order valence-electron chi connectivity index (χ4n) is 3.56. The summed E-state index contributed by atoms with van der Waals surface area (Å²) in [6.07, 6.45) is -0.392. The van der Waals surface area contributed by atoms with Crippen LogP contribution in [0, 0.1) is 0 Å². The summed E-state index contributed by atoms with van der Waals surface area (Å²) in [5.74, 6) is -0.639. The van der Waals surface area contributed by atoms with Crippen LogP contribution in [-0.2, 0) is 25.0 Å². The van der Waals surface area contributed by atoms with Crippen LogP contribution in [0.1, 0.15) is 24.2 Å². The van der Waals surface area contributed by atoms with Crippen molar-refractivity contribution >= 4 is 26.1 Å². The Hall–Kier alpha value is -1.57. The summed E-state index contributed by atoms with van der Waals surface area (Å²) in [6, 6.07) is 5.37. The first-order valence-electron chi connectivity index (χ1n) is 9.32. The topological polar surface area (TPSA) is 130 Å². The zero-order valence-electron chi connectivity index (χ0n) is 16.4. The smallest absolute Gasteiger partial charge is 0.282 e. The number of amides is 1. The Kier molecular flexibility index (Phi) is 6.32. The molecule has 0 saturated carbocycles. The fourth-order valence-corrected chi connectivity index (χ4v) is 6.73. The van der Waals surface area contributed by atoms with E-state index < -0.39 is 26.1 Å². The first-order chi connectivity index (χ1) is 13.5. The van der Waals surface area contributed by atoms with E-state index in [-0.39, 0.29) is 61.9 Å². The maximum absolute atomic E-state index is 12.9. The molecule has 2 fully saturated rings. The molecule has 0 aromatic heterocycles. The van der Waals surface area contributed by atoms with Crippen molar-refractivity contribution in [2.24, 2.45) is 5.73 Å². The average Bonchev–Trinajstić information content (AvgIpc) is 2.67. The quantitative estimate of drug-likeness (QED) is 0.646. The van der Waals surface area contributed by atoms with Gasteiger partial charge in [-0.25, -0.2) is 8.42 Å². The van der Waals surface area contributed by atoms with Gasteiger partial charge in [-0.1, -0.05) is 0 Å². The van der Waals surface area contributed by atoms with E-state index in [0.717, 1.165) is 0 Å². The Morgan fingerprint density at radius 2 is 1.38 bits per heavy atom. The summed E-state index contributed by atoms with van der Waals surface area (Å²) >= 11 is 0.